The number of anilines is 1. The Morgan fingerprint density at radius 2 is 1.74 bits per heavy atom. The molecule has 7 nitrogen and oxygen atoms in total. The van der Waals surface area contributed by atoms with Gasteiger partial charge in [0.25, 0.3) is 0 Å². The molecule has 0 bridgehead atoms. The standard InChI is InChI=1S/C27H24N4O3S/c1-16-15-21(17(2)30(16)23-9-4-3-7-20(23)26(33)34)25-24(22-8-5-6-14-28-22)29-27(35)31(25)18-10-12-19(32)13-11-18/h3-15,24-25,32H,1-2H3,(H,29,35)(H,33,34)/t24-,25-/m1/s1. The quantitative estimate of drug-likeness (QED) is 0.341. The number of benzene rings is 2. The predicted octanol–water partition coefficient (Wildman–Crippen LogP) is 5.07. The van der Waals surface area contributed by atoms with E-state index in [4.69, 9.17) is 12.2 Å². The van der Waals surface area contributed by atoms with Gasteiger partial charge in [0.05, 0.1) is 29.0 Å². The molecule has 1 fully saturated rings. The Balaban J connectivity index is 1.70. The molecule has 8 heteroatoms. The number of aromatic carboxylic acids is 1. The maximum absolute atomic E-state index is 11.9. The third-order valence-corrected chi connectivity index (χ3v) is 6.70. The number of nitrogens with zero attached hydrogens (tertiary/aromatic N) is 3. The van der Waals surface area contributed by atoms with Gasteiger partial charge < -0.3 is 25.0 Å². The SMILES string of the molecule is Cc1cc([C@@H]2[C@@H](c3ccccn3)NC(=S)N2c2ccc(O)cc2)c(C)n1-c1ccccc1C(=O)O. The van der Waals surface area contributed by atoms with Crippen LogP contribution >= 0.6 is 12.2 Å². The Morgan fingerprint density at radius 1 is 1.03 bits per heavy atom. The van der Waals surface area contributed by atoms with Crippen LogP contribution in [0.4, 0.5) is 5.69 Å². The summed E-state index contributed by atoms with van der Waals surface area (Å²) in [6.45, 7) is 3.96. The van der Waals surface area contributed by atoms with E-state index in [1.165, 1.54) is 0 Å². The van der Waals surface area contributed by atoms with Gasteiger partial charge in [-0.15, -0.1) is 0 Å². The van der Waals surface area contributed by atoms with Crippen molar-refractivity contribution in [3.05, 3.63) is 107 Å². The summed E-state index contributed by atoms with van der Waals surface area (Å²) in [5, 5.41) is 23.6. The number of hydrogen-bond donors (Lipinski definition) is 3. The van der Waals surface area contributed by atoms with Gasteiger partial charge in [0.15, 0.2) is 5.11 Å². The average molecular weight is 485 g/mol. The summed E-state index contributed by atoms with van der Waals surface area (Å²) in [6.07, 6.45) is 1.76. The number of hydrogen-bond acceptors (Lipinski definition) is 4. The molecular formula is C27H24N4O3S. The highest BCUT2D eigenvalue weighted by molar-refractivity contribution is 7.80. The van der Waals surface area contributed by atoms with Gasteiger partial charge in [-0.25, -0.2) is 4.79 Å². The van der Waals surface area contributed by atoms with Gasteiger partial charge in [-0.1, -0.05) is 18.2 Å². The summed E-state index contributed by atoms with van der Waals surface area (Å²) in [7, 11) is 0. The number of carbonyl (C=O) groups is 1. The van der Waals surface area contributed by atoms with Gasteiger partial charge in [0, 0.05) is 23.3 Å². The molecule has 3 N–H and O–H groups in total. The molecular weight excluding hydrogens is 460 g/mol. The van der Waals surface area contributed by atoms with Crippen molar-refractivity contribution in [2.24, 2.45) is 0 Å². The number of aryl methyl sites for hydroxylation is 1. The zero-order valence-corrected chi connectivity index (χ0v) is 20.0. The lowest BCUT2D eigenvalue weighted by Crippen LogP contribution is -2.29. The number of carboxylic acids is 1. The molecule has 0 spiro atoms. The third kappa shape index (κ3) is 3.91. The number of aromatic hydroxyl groups is 1. The maximum atomic E-state index is 11.9. The molecule has 0 unspecified atom stereocenters. The minimum Gasteiger partial charge on any atom is -0.508 e. The second-order valence-corrected chi connectivity index (χ2v) is 8.88. The van der Waals surface area contributed by atoms with E-state index in [1.807, 2.05) is 65.8 Å². The summed E-state index contributed by atoms with van der Waals surface area (Å²) in [4.78, 5) is 18.6. The van der Waals surface area contributed by atoms with Crippen LogP contribution < -0.4 is 10.2 Å². The minimum absolute atomic E-state index is 0.174. The fourth-order valence-corrected chi connectivity index (χ4v) is 5.22. The molecule has 5 rings (SSSR count). The van der Waals surface area contributed by atoms with Gasteiger partial charge in [-0.3, -0.25) is 4.98 Å². The van der Waals surface area contributed by atoms with Crippen LogP contribution in [-0.2, 0) is 0 Å². The largest absolute Gasteiger partial charge is 0.508 e. The Kier molecular flexibility index (Phi) is 5.74. The molecule has 0 saturated carbocycles. The van der Waals surface area contributed by atoms with Crippen LogP contribution in [0, 0.1) is 13.8 Å². The highest BCUT2D eigenvalue weighted by Gasteiger charge is 2.42. The van der Waals surface area contributed by atoms with E-state index in [1.54, 1.807) is 30.5 Å². The molecule has 2 aromatic carbocycles. The molecule has 4 aromatic rings. The smallest absolute Gasteiger partial charge is 0.337 e. The molecule has 1 aliphatic rings. The highest BCUT2D eigenvalue weighted by atomic mass is 32.1. The van der Waals surface area contributed by atoms with Crippen molar-refractivity contribution in [3.8, 4) is 11.4 Å². The lowest BCUT2D eigenvalue weighted by atomic mass is 9.96. The molecule has 0 radical (unpaired) electrons. The van der Waals surface area contributed by atoms with Crippen LogP contribution in [0.5, 0.6) is 5.75 Å². The number of para-hydroxylation sites is 1. The van der Waals surface area contributed by atoms with Gasteiger partial charge in [0.1, 0.15) is 5.75 Å². The zero-order chi connectivity index (χ0) is 24.7. The van der Waals surface area contributed by atoms with Gasteiger partial charge in [-0.2, -0.15) is 0 Å². The maximum Gasteiger partial charge on any atom is 0.337 e. The normalized spacial score (nSPS) is 17.4. The lowest BCUT2D eigenvalue weighted by Gasteiger charge is -2.28. The van der Waals surface area contributed by atoms with Crippen LogP contribution in [0.2, 0.25) is 0 Å². The average Bonchev–Trinajstić information content (AvgIpc) is 3.35. The molecule has 2 aromatic heterocycles. The van der Waals surface area contributed by atoms with Crippen LogP contribution in [0.3, 0.4) is 0 Å². The van der Waals surface area contributed by atoms with E-state index >= 15 is 0 Å². The highest BCUT2D eigenvalue weighted by Crippen LogP contribution is 2.44. The number of aromatic nitrogens is 2. The molecule has 1 saturated heterocycles. The number of nitrogens with one attached hydrogen (secondary N) is 1. The van der Waals surface area contributed by atoms with E-state index in [9.17, 15) is 15.0 Å². The summed E-state index contributed by atoms with van der Waals surface area (Å²) in [5.74, 6) is -0.802. The fraction of sp³-hybridized carbons (Fsp3) is 0.148. The number of rotatable bonds is 5. The first-order chi connectivity index (χ1) is 16.9. The third-order valence-electron chi connectivity index (χ3n) is 6.39. The molecule has 1 aliphatic heterocycles. The Labute approximate surface area is 208 Å². The van der Waals surface area contributed by atoms with Gasteiger partial charge in [0.2, 0.25) is 0 Å². The van der Waals surface area contributed by atoms with E-state index < -0.39 is 5.97 Å². The lowest BCUT2D eigenvalue weighted by molar-refractivity contribution is 0.0697. The van der Waals surface area contributed by atoms with E-state index in [0.717, 1.165) is 28.3 Å². The minimum atomic E-state index is -0.976. The van der Waals surface area contributed by atoms with E-state index in [-0.39, 0.29) is 23.4 Å². The number of carboxylic acid groups (broad SMARTS) is 1. The van der Waals surface area contributed by atoms with Crippen molar-refractivity contribution >= 4 is 29.0 Å². The van der Waals surface area contributed by atoms with Crippen molar-refractivity contribution < 1.29 is 15.0 Å². The monoisotopic (exact) mass is 484 g/mol. The zero-order valence-electron chi connectivity index (χ0n) is 19.2. The molecule has 3 heterocycles. The predicted molar refractivity (Wildman–Crippen MR) is 138 cm³/mol. The molecule has 0 aliphatic carbocycles. The first kappa shape index (κ1) is 22.6. The number of phenolic OH excluding ortho intramolecular Hbond substituents is 1. The fourth-order valence-electron chi connectivity index (χ4n) is 4.87. The Bertz CT molecular complexity index is 1420. The summed E-state index contributed by atoms with van der Waals surface area (Å²) in [5.41, 5.74) is 5.35. The summed E-state index contributed by atoms with van der Waals surface area (Å²) >= 11 is 5.78. The van der Waals surface area contributed by atoms with Crippen LogP contribution in [0.1, 0.15) is 45.1 Å². The molecule has 0 amide bonds. The molecule has 176 valence electrons. The van der Waals surface area contributed by atoms with Gasteiger partial charge >= 0.3 is 5.97 Å². The summed E-state index contributed by atoms with van der Waals surface area (Å²) in [6, 6.07) is 21.3. The van der Waals surface area contributed by atoms with Crippen LogP contribution in [-0.4, -0.2) is 30.8 Å². The Hall–Kier alpha value is -4.17. The van der Waals surface area contributed by atoms with Crippen molar-refractivity contribution in [3.63, 3.8) is 0 Å². The number of thiocarbonyl (C=S) groups is 1. The molecule has 35 heavy (non-hydrogen) atoms. The second kappa shape index (κ2) is 8.88. The Morgan fingerprint density at radius 3 is 2.43 bits per heavy atom. The number of pyridine rings is 1. The van der Waals surface area contributed by atoms with Crippen LogP contribution in [0.25, 0.3) is 5.69 Å². The van der Waals surface area contributed by atoms with Crippen molar-refractivity contribution in [2.75, 3.05) is 4.90 Å². The first-order valence-electron chi connectivity index (χ1n) is 11.2. The first-order valence-corrected chi connectivity index (χ1v) is 11.6. The van der Waals surface area contributed by atoms with Crippen molar-refractivity contribution in [2.45, 2.75) is 25.9 Å². The number of phenols is 1. The van der Waals surface area contributed by atoms with Crippen LogP contribution in [0.15, 0.2) is 79.0 Å². The molecule has 2 atom stereocenters. The van der Waals surface area contributed by atoms with Crippen molar-refractivity contribution in [1.82, 2.24) is 14.9 Å². The second-order valence-electron chi connectivity index (χ2n) is 8.50. The van der Waals surface area contributed by atoms with Gasteiger partial charge in [-0.05, 0) is 86.2 Å². The van der Waals surface area contributed by atoms with Crippen molar-refractivity contribution in [1.29, 1.82) is 0 Å². The topological polar surface area (TPSA) is 90.6 Å². The van der Waals surface area contributed by atoms with E-state index in [2.05, 4.69) is 16.4 Å². The van der Waals surface area contributed by atoms with E-state index in [0.29, 0.717) is 10.8 Å². The summed E-state index contributed by atoms with van der Waals surface area (Å²) < 4.78 is 1.98.